The van der Waals surface area contributed by atoms with E-state index in [1.807, 2.05) is 34.0 Å². The summed E-state index contributed by atoms with van der Waals surface area (Å²) < 4.78 is 15.0. The topological polar surface area (TPSA) is 25.4 Å². The summed E-state index contributed by atoms with van der Waals surface area (Å²) in [6.07, 6.45) is 0. The second kappa shape index (κ2) is 22.2. The zero-order valence-corrected chi connectivity index (χ0v) is 56.7. The number of nitrogens with zero attached hydrogens (tertiary/aromatic N) is 5. The molecule has 7 heterocycles. The fourth-order valence-corrected chi connectivity index (χ4v) is 20.7. The van der Waals surface area contributed by atoms with Crippen molar-refractivity contribution in [3.8, 4) is 11.5 Å². The maximum absolute atomic E-state index is 7.53. The molecule has 15 aromatic carbocycles. The number of ether oxygens (including phenoxy) is 1. The summed E-state index contributed by atoms with van der Waals surface area (Å²) in [5, 5.41) is 7.50. The van der Waals surface area contributed by atoms with Gasteiger partial charge in [-0.05, 0) is 154 Å². The van der Waals surface area contributed by atoms with Gasteiger partial charge >= 0.3 is 0 Å². The van der Waals surface area contributed by atoms with Gasteiger partial charge in [-0.2, -0.15) is 0 Å². The SMILES string of the molecule is c1ccc(N2c3ccccc3B3c4cc5c(cc4N(c4ccccc4)c4cc(N(c6ccccc6)c6cccc7c6sc6ccccc67)cc2c43)N(c2cccc3c2sc2ccccc23)c2cc(N(c3ccccc3)c3cccc4c3sc3ccccc34)cc3c2B5c2ccccc2O3)cc1. The molecule has 4 aliphatic rings. The quantitative estimate of drug-likeness (QED) is 0.134. The molecule has 18 aromatic rings. The Kier molecular flexibility index (Phi) is 12.5. The second-order valence-electron chi connectivity index (χ2n) is 26.6. The Morgan fingerprint density at radius 2 is 0.653 bits per heavy atom. The molecular formula is C90H55B2N5OS3. The van der Waals surface area contributed by atoms with Crippen LogP contribution in [0, 0.1) is 0 Å². The predicted molar refractivity (Wildman–Crippen MR) is 434 cm³/mol. The van der Waals surface area contributed by atoms with Gasteiger partial charge in [-0.25, -0.2) is 0 Å². The molecule has 0 saturated carbocycles. The van der Waals surface area contributed by atoms with E-state index in [4.69, 9.17) is 4.74 Å². The molecule has 0 aliphatic carbocycles. The van der Waals surface area contributed by atoms with Crippen molar-refractivity contribution in [1.29, 1.82) is 0 Å². The number of hydrogen-bond acceptors (Lipinski definition) is 9. The molecule has 0 amide bonds. The van der Waals surface area contributed by atoms with Crippen molar-refractivity contribution in [1.82, 2.24) is 0 Å². The lowest BCUT2D eigenvalue weighted by Gasteiger charge is -2.46. The molecule has 3 aromatic heterocycles. The Morgan fingerprint density at radius 1 is 0.248 bits per heavy atom. The number of rotatable bonds is 9. The van der Waals surface area contributed by atoms with E-state index in [-0.39, 0.29) is 13.4 Å². The van der Waals surface area contributed by atoms with Gasteiger partial charge in [0.25, 0.3) is 13.4 Å². The van der Waals surface area contributed by atoms with E-state index < -0.39 is 0 Å². The van der Waals surface area contributed by atoms with E-state index >= 15 is 0 Å². The van der Waals surface area contributed by atoms with Crippen LogP contribution in [0.4, 0.5) is 85.3 Å². The lowest BCUT2D eigenvalue weighted by molar-refractivity contribution is 0.487. The van der Waals surface area contributed by atoms with E-state index in [1.165, 1.54) is 82.4 Å². The average Bonchev–Trinajstić information content (AvgIpc) is 1.26. The number of anilines is 15. The van der Waals surface area contributed by atoms with Crippen LogP contribution in [0.2, 0.25) is 0 Å². The minimum absolute atomic E-state index is 0.199. The van der Waals surface area contributed by atoms with Crippen molar-refractivity contribution in [2.24, 2.45) is 0 Å². The van der Waals surface area contributed by atoms with Gasteiger partial charge in [0.15, 0.2) is 0 Å². The van der Waals surface area contributed by atoms with Gasteiger partial charge in [0.1, 0.15) is 11.5 Å². The molecule has 0 atom stereocenters. The van der Waals surface area contributed by atoms with Gasteiger partial charge < -0.3 is 29.2 Å². The number of thiophene rings is 3. The first-order chi connectivity index (χ1) is 50.1. The summed E-state index contributed by atoms with van der Waals surface area (Å²) in [5.74, 6) is 1.70. The zero-order valence-electron chi connectivity index (χ0n) is 54.3. The van der Waals surface area contributed by atoms with Crippen molar-refractivity contribution >= 4 is 226 Å². The first-order valence-electron chi connectivity index (χ1n) is 34.4. The van der Waals surface area contributed by atoms with Crippen molar-refractivity contribution in [2.45, 2.75) is 0 Å². The van der Waals surface area contributed by atoms with Gasteiger partial charge in [-0.15, -0.1) is 34.0 Å². The molecule has 0 bridgehead atoms. The Hall–Kier alpha value is -12.1. The fraction of sp³-hybridized carbons (Fsp3) is 0. The molecule has 0 unspecified atom stereocenters. The first kappa shape index (κ1) is 56.9. The summed E-state index contributed by atoms with van der Waals surface area (Å²) in [6, 6.07) is 124. The Labute approximate surface area is 596 Å². The van der Waals surface area contributed by atoms with E-state index in [0.29, 0.717) is 0 Å². The first-order valence-corrected chi connectivity index (χ1v) is 36.9. The standard InChI is InChI=1S/C90H55B2N5OS3/c1-5-26-56(27-6-1)93(73-43-23-37-65-62-34-13-20-47-83(62)99-88(65)73)60-50-78-86-79(51-60)96(59-32-11-4-12-33-59)76-55-77-71(54-70(76)91(86)68-40-16-18-42-72(68)95(78)58-30-9-3-10-31-58)92-69-41-17-19-46-81(69)98-82-53-61(52-80(87(82)92)97(77)75-45-25-39-67-64-36-15-22-49-85(64)101-90(67)75)94(57-28-7-2-8-29-57)74-44-24-38-66-63-35-14-21-48-84(63)100-89(66)74/h1-55H. The second-order valence-corrected chi connectivity index (χ2v) is 29.7. The van der Waals surface area contributed by atoms with Crippen molar-refractivity contribution in [3.05, 3.63) is 334 Å². The lowest BCUT2D eigenvalue weighted by Crippen LogP contribution is -2.64. The maximum Gasteiger partial charge on any atom is 0.256 e. The number of hydrogen-bond donors (Lipinski definition) is 0. The van der Waals surface area contributed by atoms with Crippen LogP contribution in [0.3, 0.4) is 0 Å². The third-order valence-corrected chi connectivity index (χ3v) is 24.8. The van der Waals surface area contributed by atoms with Crippen LogP contribution < -0.4 is 62.0 Å². The molecule has 470 valence electrons. The smallest absolute Gasteiger partial charge is 0.256 e. The fourth-order valence-electron chi connectivity index (χ4n) is 17.1. The zero-order chi connectivity index (χ0) is 66.0. The van der Waals surface area contributed by atoms with E-state index in [2.05, 4.69) is 358 Å². The number of fused-ring (bicyclic) bond motifs is 17. The number of benzene rings is 15. The van der Waals surface area contributed by atoms with E-state index in [1.54, 1.807) is 0 Å². The van der Waals surface area contributed by atoms with Crippen LogP contribution in [-0.4, -0.2) is 13.4 Å². The highest BCUT2D eigenvalue weighted by Crippen LogP contribution is 2.55. The third kappa shape index (κ3) is 8.46. The van der Waals surface area contributed by atoms with Crippen LogP contribution in [0.1, 0.15) is 0 Å². The third-order valence-electron chi connectivity index (χ3n) is 21.2. The van der Waals surface area contributed by atoms with Crippen molar-refractivity contribution in [3.63, 3.8) is 0 Å². The van der Waals surface area contributed by atoms with Crippen LogP contribution in [-0.2, 0) is 0 Å². The minimum atomic E-state index is -0.225. The summed E-state index contributed by atoms with van der Waals surface area (Å²) in [4.78, 5) is 12.7. The van der Waals surface area contributed by atoms with Crippen LogP contribution in [0.5, 0.6) is 11.5 Å². The highest BCUT2D eigenvalue weighted by Gasteiger charge is 2.49. The van der Waals surface area contributed by atoms with Gasteiger partial charge in [-0.3, -0.25) is 0 Å². The molecule has 4 aliphatic heterocycles. The summed E-state index contributed by atoms with van der Waals surface area (Å²) >= 11 is 5.60. The Morgan fingerprint density at radius 3 is 1.23 bits per heavy atom. The molecule has 0 radical (unpaired) electrons. The Bertz CT molecular complexity index is 6460. The molecule has 0 N–H and O–H groups in total. The molecule has 22 rings (SSSR count). The normalized spacial score (nSPS) is 13.1. The van der Waals surface area contributed by atoms with E-state index in [0.717, 1.165) is 108 Å². The van der Waals surface area contributed by atoms with Crippen LogP contribution >= 0.6 is 34.0 Å². The molecule has 6 nitrogen and oxygen atoms in total. The predicted octanol–water partition coefficient (Wildman–Crippen LogP) is 22.2. The van der Waals surface area contributed by atoms with Crippen LogP contribution in [0.15, 0.2) is 334 Å². The molecule has 0 fully saturated rings. The molecular weight excluding hydrogens is 1280 g/mol. The minimum Gasteiger partial charge on any atom is -0.458 e. The summed E-state index contributed by atoms with van der Waals surface area (Å²) in [6.45, 7) is -0.423. The molecule has 11 heteroatoms. The maximum atomic E-state index is 7.53. The van der Waals surface area contributed by atoms with E-state index in [9.17, 15) is 0 Å². The van der Waals surface area contributed by atoms with Gasteiger partial charge in [0.2, 0.25) is 0 Å². The number of para-hydroxylation sites is 6. The summed E-state index contributed by atoms with van der Waals surface area (Å²) in [5.41, 5.74) is 23.6. The van der Waals surface area contributed by atoms with Gasteiger partial charge in [-0.1, -0.05) is 206 Å². The monoisotopic (exact) mass is 1340 g/mol. The largest absolute Gasteiger partial charge is 0.458 e. The van der Waals surface area contributed by atoms with Crippen molar-refractivity contribution < 1.29 is 4.74 Å². The summed E-state index contributed by atoms with van der Waals surface area (Å²) in [7, 11) is 0. The van der Waals surface area contributed by atoms with Gasteiger partial charge in [0, 0.05) is 109 Å². The van der Waals surface area contributed by atoms with Crippen molar-refractivity contribution in [2.75, 3.05) is 24.5 Å². The highest BCUT2D eigenvalue weighted by atomic mass is 32.1. The van der Waals surface area contributed by atoms with Gasteiger partial charge in [0.05, 0.1) is 42.5 Å². The lowest BCUT2D eigenvalue weighted by atomic mass is 9.30. The Balaban J connectivity index is 0.858. The molecule has 0 saturated heterocycles. The molecule has 101 heavy (non-hydrogen) atoms. The van der Waals surface area contributed by atoms with Crippen LogP contribution in [0.25, 0.3) is 60.5 Å². The average molecular weight is 1340 g/mol. The molecule has 0 spiro atoms. The highest BCUT2D eigenvalue weighted by molar-refractivity contribution is 7.27.